The van der Waals surface area contributed by atoms with Crippen molar-refractivity contribution in [2.24, 2.45) is 0 Å². The maximum atomic E-state index is 12.4. The number of hydrogen-bond acceptors (Lipinski definition) is 4. The number of benzene rings is 2. The molecule has 4 nitrogen and oxygen atoms in total. The fourth-order valence-corrected chi connectivity index (χ4v) is 3.50. The lowest BCUT2D eigenvalue weighted by atomic mass is 10.1. The summed E-state index contributed by atoms with van der Waals surface area (Å²) >= 11 is 1.50. The lowest BCUT2D eigenvalue weighted by molar-refractivity contribution is 0.102. The summed E-state index contributed by atoms with van der Waals surface area (Å²) in [5.41, 5.74) is 1.82. The van der Waals surface area contributed by atoms with E-state index in [1.165, 1.54) is 29.7 Å². The zero-order chi connectivity index (χ0) is 18.9. The van der Waals surface area contributed by atoms with Crippen molar-refractivity contribution in [1.82, 2.24) is 4.98 Å². The van der Waals surface area contributed by atoms with Gasteiger partial charge in [0.2, 0.25) is 0 Å². The van der Waals surface area contributed by atoms with E-state index in [1.54, 1.807) is 12.1 Å². The zero-order valence-corrected chi connectivity index (χ0v) is 16.3. The second kappa shape index (κ2) is 9.88. The molecule has 1 aromatic heterocycles. The summed E-state index contributed by atoms with van der Waals surface area (Å²) in [6.07, 6.45) is 6.03. The molecule has 0 aliphatic heterocycles. The maximum Gasteiger partial charge on any atom is 0.257 e. The molecule has 2 aromatic carbocycles. The molecule has 0 saturated heterocycles. The molecule has 0 fully saturated rings. The van der Waals surface area contributed by atoms with E-state index in [0.29, 0.717) is 17.3 Å². The van der Waals surface area contributed by atoms with Gasteiger partial charge < -0.3 is 4.74 Å². The molecule has 0 radical (unpaired) electrons. The van der Waals surface area contributed by atoms with Crippen molar-refractivity contribution >= 4 is 22.4 Å². The standard InChI is InChI=1S/C22H24N2O2S/c1-2-3-7-14-26-19-12-10-18(11-13-19)21(25)24-22-23-16-20(27-22)15-17-8-5-4-6-9-17/h4-6,8-13,16H,2-3,7,14-15H2,1H3,(H,23,24,25). The van der Waals surface area contributed by atoms with Crippen LogP contribution >= 0.6 is 11.3 Å². The SMILES string of the molecule is CCCCCOc1ccc(C(=O)Nc2ncc(Cc3ccccc3)s2)cc1. The van der Waals surface area contributed by atoms with Crippen LogP contribution in [0, 0.1) is 0 Å². The van der Waals surface area contributed by atoms with Crippen LogP contribution in [0.5, 0.6) is 5.75 Å². The van der Waals surface area contributed by atoms with Crippen LogP contribution in [0.4, 0.5) is 5.13 Å². The number of nitrogens with one attached hydrogen (secondary N) is 1. The van der Waals surface area contributed by atoms with E-state index in [9.17, 15) is 4.79 Å². The van der Waals surface area contributed by atoms with Crippen molar-refractivity contribution in [3.05, 3.63) is 76.8 Å². The Morgan fingerprint density at radius 1 is 1.07 bits per heavy atom. The molecule has 1 N–H and O–H groups in total. The normalized spacial score (nSPS) is 10.6. The van der Waals surface area contributed by atoms with Crippen LogP contribution < -0.4 is 10.1 Å². The average molecular weight is 381 g/mol. The number of anilines is 1. The molecule has 27 heavy (non-hydrogen) atoms. The molecule has 140 valence electrons. The van der Waals surface area contributed by atoms with Gasteiger partial charge in [-0.25, -0.2) is 4.98 Å². The number of ether oxygens (including phenoxy) is 1. The lowest BCUT2D eigenvalue weighted by Gasteiger charge is -2.06. The van der Waals surface area contributed by atoms with E-state index in [4.69, 9.17) is 4.74 Å². The number of rotatable bonds is 9. The number of unbranched alkanes of at least 4 members (excludes halogenated alkanes) is 2. The minimum Gasteiger partial charge on any atom is -0.494 e. The number of carbonyl (C=O) groups excluding carboxylic acids is 1. The quantitative estimate of drug-likeness (QED) is 0.495. The van der Waals surface area contributed by atoms with E-state index in [2.05, 4.69) is 29.4 Å². The first-order chi connectivity index (χ1) is 13.2. The molecule has 0 aliphatic rings. The first-order valence-corrected chi connectivity index (χ1v) is 10.1. The van der Waals surface area contributed by atoms with Gasteiger partial charge in [0.15, 0.2) is 5.13 Å². The topological polar surface area (TPSA) is 51.2 Å². The monoisotopic (exact) mass is 380 g/mol. The highest BCUT2D eigenvalue weighted by Gasteiger charge is 2.10. The van der Waals surface area contributed by atoms with Crippen LogP contribution in [0.1, 0.15) is 47.0 Å². The zero-order valence-electron chi connectivity index (χ0n) is 15.5. The molecule has 0 spiro atoms. The summed E-state index contributed by atoms with van der Waals surface area (Å²) in [5, 5.41) is 3.49. The minimum atomic E-state index is -0.159. The maximum absolute atomic E-state index is 12.4. The summed E-state index contributed by atoms with van der Waals surface area (Å²) in [6.45, 7) is 2.88. The van der Waals surface area contributed by atoms with Crippen LogP contribution in [0.25, 0.3) is 0 Å². The van der Waals surface area contributed by atoms with E-state index < -0.39 is 0 Å². The third-order valence-corrected chi connectivity index (χ3v) is 5.04. The van der Waals surface area contributed by atoms with Crippen molar-refractivity contribution in [1.29, 1.82) is 0 Å². The smallest absolute Gasteiger partial charge is 0.257 e. The van der Waals surface area contributed by atoms with E-state index in [-0.39, 0.29) is 5.91 Å². The molecule has 3 aromatic rings. The van der Waals surface area contributed by atoms with Gasteiger partial charge in [-0.3, -0.25) is 10.1 Å². The van der Waals surface area contributed by atoms with Crippen LogP contribution in [0.2, 0.25) is 0 Å². The molecule has 1 amide bonds. The predicted molar refractivity (Wildman–Crippen MR) is 111 cm³/mol. The largest absolute Gasteiger partial charge is 0.494 e. The highest BCUT2D eigenvalue weighted by molar-refractivity contribution is 7.15. The van der Waals surface area contributed by atoms with Crippen molar-refractivity contribution < 1.29 is 9.53 Å². The van der Waals surface area contributed by atoms with Crippen LogP contribution in [-0.4, -0.2) is 17.5 Å². The van der Waals surface area contributed by atoms with E-state index >= 15 is 0 Å². The fraction of sp³-hybridized carbons (Fsp3) is 0.273. The van der Waals surface area contributed by atoms with E-state index in [1.807, 2.05) is 36.5 Å². The van der Waals surface area contributed by atoms with Crippen molar-refractivity contribution in [2.75, 3.05) is 11.9 Å². The average Bonchev–Trinajstić information content (AvgIpc) is 3.13. The third kappa shape index (κ3) is 5.93. The molecule has 1 heterocycles. The van der Waals surface area contributed by atoms with Crippen LogP contribution in [0.3, 0.4) is 0 Å². The molecular formula is C22H24N2O2S. The van der Waals surface area contributed by atoms with Crippen molar-refractivity contribution in [3.8, 4) is 5.75 Å². The van der Waals surface area contributed by atoms with Crippen molar-refractivity contribution in [2.45, 2.75) is 32.6 Å². The number of aromatic nitrogens is 1. The Labute approximate surface area is 164 Å². The van der Waals surface area contributed by atoms with Gasteiger partial charge in [-0.15, -0.1) is 11.3 Å². The number of carbonyl (C=O) groups is 1. The van der Waals surface area contributed by atoms with Gasteiger partial charge in [-0.2, -0.15) is 0 Å². The molecule has 5 heteroatoms. The van der Waals surface area contributed by atoms with Crippen LogP contribution in [0.15, 0.2) is 60.8 Å². The summed E-state index contributed by atoms with van der Waals surface area (Å²) in [4.78, 5) is 17.8. The molecular weight excluding hydrogens is 356 g/mol. The Morgan fingerprint density at radius 2 is 1.85 bits per heavy atom. The molecule has 0 unspecified atom stereocenters. The molecule has 0 bridgehead atoms. The second-order valence-corrected chi connectivity index (χ2v) is 7.44. The summed E-state index contributed by atoms with van der Waals surface area (Å²) in [7, 11) is 0. The summed E-state index contributed by atoms with van der Waals surface area (Å²) < 4.78 is 5.68. The van der Waals surface area contributed by atoms with E-state index in [0.717, 1.165) is 23.5 Å². The highest BCUT2D eigenvalue weighted by Crippen LogP contribution is 2.22. The highest BCUT2D eigenvalue weighted by atomic mass is 32.1. The lowest BCUT2D eigenvalue weighted by Crippen LogP contribution is -2.11. The summed E-state index contributed by atoms with van der Waals surface area (Å²) in [6, 6.07) is 17.5. The van der Waals surface area contributed by atoms with Gasteiger partial charge in [0.25, 0.3) is 5.91 Å². The van der Waals surface area contributed by atoms with Gasteiger partial charge >= 0.3 is 0 Å². The number of hydrogen-bond donors (Lipinski definition) is 1. The first kappa shape index (κ1) is 19.1. The van der Waals surface area contributed by atoms with Gasteiger partial charge in [-0.05, 0) is 36.2 Å². The Hall–Kier alpha value is -2.66. The molecule has 0 saturated carbocycles. The molecule has 3 rings (SSSR count). The third-order valence-electron chi connectivity index (χ3n) is 4.13. The van der Waals surface area contributed by atoms with Gasteiger partial charge in [0.05, 0.1) is 6.61 Å². The summed E-state index contributed by atoms with van der Waals surface area (Å²) in [5.74, 6) is 0.634. The fourth-order valence-electron chi connectivity index (χ4n) is 2.66. The van der Waals surface area contributed by atoms with Crippen LogP contribution in [-0.2, 0) is 6.42 Å². The molecule has 0 atom stereocenters. The van der Waals surface area contributed by atoms with Gasteiger partial charge in [0.1, 0.15) is 5.75 Å². The second-order valence-electron chi connectivity index (χ2n) is 6.33. The molecule has 0 aliphatic carbocycles. The predicted octanol–water partition coefficient (Wildman–Crippen LogP) is 5.56. The van der Waals surface area contributed by atoms with Gasteiger partial charge in [-0.1, -0.05) is 50.1 Å². The Bertz CT molecular complexity index is 844. The van der Waals surface area contributed by atoms with Crippen molar-refractivity contribution in [3.63, 3.8) is 0 Å². The Kier molecular flexibility index (Phi) is 6.99. The Morgan fingerprint density at radius 3 is 2.59 bits per heavy atom. The number of amides is 1. The Balaban J connectivity index is 1.53. The minimum absolute atomic E-state index is 0.159. The first-order valence-electron chi connectivity index (χ1n) is 9.27. The van der Waals surface area contributed by atoms with Gasteiger partial charge in [0, 0.05) is 23.1 Å². The number of nitrogens with zero attached hydrogens (tertiary/aromatic N) is 1. The number of thiazole rings is 1.